The number of methoxy groups -OCH3 is 5. The van der Waals surface area contributed by atoms with Crippen LogP contribution in [0.25, 0.3) is 10.9 Å². The number of esters is 2. The van der Waals surface area contributed by atoms with Crippen LogP contribution in [-0.2, 0) is 20.7 Å². The van der Waals surface area contributed by atoms with E-state index in [0.29, 0.717) is 29.9 Å². The first-order chi connectivity index (χ1) is 25.6. The Hall–Kier alpha value is -5.43. The number of aromatic amines is 1. The minimum absolute atomic E-state index is 0.0714. The van der Waals surface area contributed by atoms with Gasteiger partial charge in [-0.05, 0) is 79.8 Å². The predicted molar refractivity (Wildman–Crippen MR) is 192 cm³/mol. The first-order valence-electron chi connectivity index (χ1n) is 17.7. The van der Waals surface area contributed by atoms with Crippen molar-refractivity contribution in [3.63, 3.8) is 0 Å². The van der Waals surface area contributed by atoms with Gasteiger partial charge in [-0.3, -0.25) is 9.69 Å². The number of fused-ring (bicyclic) bond motifs is 6. The Morgan fingerprint density at radius 3 is 2.23 bits per heavy atom. The van der Waals surface area contributed by atoms with Crippen LogP contribution < -0.4 is 28.4 Å². The van der Waals surface area contributed by atoms with Gasteiger partial charge in [-0.15, -0.1) is 0 Å². The molecule has 1 aliphatic carbocycles. The maximum Gasteiger partial charge on any atom is 0.519 e. The first-order valence-corrected chi connectivity index (χ1v) is 17.7. The number of aromatic nitrogens is 1. The molecule has 0 amide bonds. The van der Waals surface area contributed by atoms with Crippen molar-refractivity contribution in [2.75, 3.05) is 48.6 Å². The monoisotopic (exact) mass is 728 g/mol. The molecule has 2 fully saturated rings. The van der Waals surface area contributed by atoms with E-state index < -0.39 is 24.1 Å². The fourth-order valence-electron chi connectivity index (χ4n) is 8.46. The number of carbonyl (C=O) groups is 3. The normalized spacial score (nSPS) is 22.0. The molecule has 3 aromatic carbocycles. The quantitative estimate of drug-likeness (QED) is 0.150. The minimum atomic E-state index is -1.02. The Kier molecular flexibility index (Phi) is 10.1. The molecule has 3 heterocycles. The molecule has 3 unspecified atom stereocenters. The molecule has 2 aliphatic heterocycles. The second-order valence-corrected chi connectivity index (χ2v) is 13.8. The van der Waals surface area contributed by atoms with Gasteiger partial charge in [0.05, 0.1) is 53.1 Å². The predicted octanol–water partition coefficient (Wildman–Crippen LogP) is 6.43. The number of H-pyrrole nitrogens is 1. The van der Waals surface area contributed by atoms with Crippen LogP contribution in [0.3, 0.4) is 0 Å². The molecule has 1 aromatic heterocycles. The number of benzene rings is 3. The van der Waals surface area contributed by atoms with Gasteiger partial charge < -0.3 is 42.9 Å². The molecular weight excluding hydrogens is 684 g/mol. The van der Waals surface area contributed by atoms with E-state index in [-0.39, 0.29) is 46.7 Å². The summed E-state index contributed by atoms with van der Waals surface area (Å²) in [5.74, 6) is 0.984. The van der Waals surface area contributed by atoms with Gasteiger partial charge in [0.2, 0.25) is 0 Å². The summed E-state index contributed by atoms with van der Waals surface area (Å²) in [6.45, 7) is 3.37. The van der Waals surface area contributed by atoms with E-state index in [1.165, 1.54) is 63.3 Å². The summed E-state index contributed by atoms with van der Waals surface area (Å²) >= 11 is 0. The van der Waals surface area contributed by atoms with E-state index in [1.54, 1.807) is 26.2 Å². The maximum atomic E-state index is 13.7. The Morgan fingerprint density at radius 2 is 1.53 bits per heavy atom. The van der Waals surface area contributed by atoms with Crippen LogP contribution in [-0.4, -0.2) is 82.7 Å². The number of nitrogens with zero attached hydrogens (tertiary/aromatic N) is 1. The van der Waals surface area contributed by atoms with Crippen molar-refractivity contribution in [2.24, 2.45) is 17.8 Å². The second-order valence-electron chi connectivity index (χ2n) is 13.8. The Morgan fingerprint density at radius 1 is 0.792 bits per heavy atom. The number of rotatable bonds is 9. The van der Waals surface area contributed by atoms with Gasteiger partial charge in [-0.1, -0.05) is 0 Å². The summed E-state index contributed by atoms with van der Waals surface area (Å²) in [5.41, 5.74) is 4.26. The lowest BCUT2D eigenvalue weighted by molar-refractivity contribution is -0.155. The molecular formula is C40H44N2O11. The summed E-state index contributed by atoms with van der Waals surface area (Å²) < 4.78 is 43.8. The third-order valence-electron chi connectivity index (χ3n) is 10.9. The highest BCUT2D eigenvalue weighted by Gasteiger charge is 2.49. The highest BCUT2D eigenvalue weighted by atomic mass is 16.7. The molecule has 13 heteroatoms. The smallest absolute Gasteiger partial charge is 0.497 e. The zero-order valence-corrected chi connectivity index (χ0v) is 30.7. The van der Waals surface area contributed by atoms with Crippen LogP contribution in [0.5, 0.6) is 34.5 Å². The van der Waals surface area contributed by atoms with Gasteiger partial charge >= 0.3 is 18.1 Å². The van der Waals surface area contributed by atoms with Gasteiger partial charge in [0.15, 0.2) is 11.5 Å². The topological polar surface area (TPSA) is 144 Å². The van der Waals surface area contributed by atoms with Crippen LogP contribution in [0.2, 0.25) is 0 Å². The first kappa shape index (κ1) is 36.0. The standard InChI is InChI=1S/C40H44N2O11/c1-21-11-22(13-35(49-5)37(21)53-40(45)52-28-15-25(47-3)14-26(16-28)48-4)38(43)51-27-12-23-20-42-10-9-30-29-8-7-24(46-2)18-33(29)41-36(30)34(42)19-31(23)32(17-27)39(44)50-6/h7-8,11,13-16,18,23,27,31-32,34,41H,9-10,12,17,19-20H2,1-6H3/t23-,27?,31+,32?,34?/m1/s1. The average molecular weight is 729 g/mol. The van der Waals surface area contributed by atoms with Crippen molar-refractivity contribution in [1.82, 2.24) is 9.88 Å². The number of aryl methyl sites for hydroxylation is 1. The zero-order chi connectivity index (χ0) is 37.4. The number of piperidine rings is 1. The molecule has 5 atom stereocenters. The summed E-state index contributed by atoms with van der Waals surface area (Å²) in [5, 5.41) is 1.21. The average Bonchev–Trinajstić information content (AvgIpc) is 3.55. The molecule has 0 bridgehead atoms. The molecule has 13 nitrogen and oxygen atoms in total. The fourth-order valence-corrected chi connectivity index (χ4v) is 8.46. The maximum absolute atomic E-state index is 13.7. The summed E-state index contributed by atoms with van der Waals surface area (Å²) in [4.78, 5) is 45.9. The van der Waals surface area contributed by atoms with Crippen molar-refractivity contribution in [1.29, 1.82) is 0 Å². The summed E-state index contributed by atoms with van der Waals surface area (Å²) in [7, 11) is 7.45. The van der Waals surface area contributed by atoms with Crippen LogP contribution in [0.15, 0.2) is 48.5 Å². The van der Waals surface area contributed by atoms with Crippen molar-refractivity contribution in [3.05, 3.63) is 70.9 Å². The van der Waals surface area contributed by atoms with Crippen molar-refractivity contribution in [3.8, 4) is 34.5 Å². The molecule has 1 saturated heterocycles. The Labute approximate surface area is 307 Å². The van der Waals surface area contributed by atoms with E-state index >= 15 is 0 Å². The molecule has 3 aliphatic rings. The number of nitrogens with one attached hydrogen (secondary N) is 1. The van der Waals surface area contributed by atoms with E-state index in [9.17, 15) is 14.4 Å². The number of hydrogen-bond donors (Lipinski definition) is 1. The highest BCUT2D eigenvalue weighted by molar-refractivity contribution is 5.91. The fraction of sp³-hybridized carbons (Fsp3) is 0.425. The molecule has 4 aromatic rings. The van der Waals surface area contributed by atoms with Gasteiger partial charge in [0.25, 0.3) is 0 Å². The Balaban J connectivity index is 1.05. The molecule has 0 radical (unpaired) electrons. The third-order valence-corrected chi connectivity index (χ3v) is 10.9. The summed E-state index contributed by atoms with van der Waals surface area (Å²) in [6.07, 6.45) is 1.19. The van der Waals surface area contributed by atoms with Crippen LogP contribution in [0.1, 0.15) is 52.5 Å². The third kappa shape index (κ3) is 7.05. The minimum Gasteiger partial charge on any atom is -0.497 e. The molecule has 1 saturated carbocycles. The van der Waals surface area contributed by atoms with E-state index in [4.69, 9.17) is 37.9 Å². The lowest BCUT2D eigenvalue weighted by atomic mass is 9.65. The molecule has 7 rings (SSSR count). The number of ether oxygens (including phenoxy) is 8. The highest BCUT2D eigenvalue weighted by Crippen LogP contribution is 2.50. The second kappa shape index (κ2) is 14.9. The largest absolute Gasteiger partial charge is 0.519 e. The molecule has 1 N–H and O–H groups in total. The van der Waals surface area contributed by atoms with Gasteiger partial charge in [0.1, 0.15) is 29.1 Å². The molecule has 0 spiro atoms. The lowest BCUT2D eigenvalue weighted by Gasteiger charge is -2.51. The van der Waals surface area contributed by atoms with Crippen molar-refractivity contribution in [2.45, 2.75) is 44.8 Å². The number of carbonyl (C=O) groups excluding carboxylic acids is 3. The van der Waals surface area contributed by atoms with E-state index in [2.05, 4.69) is 16.0 Å². The van der Waals surface area contributed by atoms with Crippen molar-refractivity contribution >= 4 is 29.0 Å². The van der Waals surface area contributed by atoms with Crippen LogP contribution in [0, 0.1) is 24.7 Å². The van der Waals surface area contributed by atoms with Crippen LogP contribution >= 0.6 is 0 Å². The lowest BCUT2D eigenvalue weighted by Crippen LogP contribution is -2.52. The zero-order valence-electron chi connectivity index (χ0n) is 30.7. The van der Waals surface area contributed by atoms with Gasteiger partial charge in [-0.2, -0.15) is 0 Å². The van der Waals surface area contributed by atoms with Crippen molar-refractivity contribution < 1.29 is 52.3 Å². The van der Waals surface area contributed by atoms with Crippen LogP contribution in [0.4, 0.5) is 4.79 Å². The summed E-state index contributed by atoms with van der Waals surface area (Å²) in [6, 6.07) is 14.0. The van der Waals surface area contributed by atoms with Gasteiger partial charge in [-0.25, -0.2) is 9.59 Å². The van der Waals surface area contributed by atoms with E-state index in [0.717, 1.165) is 37.2 Å². The van der Waals surface area contributed by atoms with Gasteiger partial charge in [0, 0.05) is 54.0 Å². The Bertz CT molecular complexity index is 2020. The molecule has 280 valence electrons. The number of hydrogen-bond acceptors (Lipinski definition) is 12. The molecule has 53 heavy (non-hydrogen) atoms. The van der Waals surface area contributed by atoms with E-state index in [1.807, 2.05) is 12.1 Å². The SMILES string of the molecule is COC(=O)C1CC(OC(=O)c2cc(C)c(OC(=O)Oc3cc(OC)cc(OC)c3)c(OC)c2)C[C@@H]2CN3CCc4c([nH]c5cc(OC)ccc45)C3C[C@H]12.